The van der Waals surface area contributed by atoms with Gasteiger partial charge in [-0.15, -0.1) is 0 Å². The molecule has 110 valence electrons. The molecule has 0 heterocycles. The summed E-state index contributed by atoms with van der Waals surface area (Å²) in [4.78, 5) is 12.3. The fraction of sp³-hybridized carbons (Fsp3) is 0.588. The zero-order chi connectivity index (χ0) is 14.6. The highest BCUT2D eigenvalue weighted by molar-refractivity contribution is 5.79. The van der Waals surface area contributed by atoms with Gasteiger partial charge in [-0.05, 0) is 49.7 Å². The van der Waals surface area contributed by atoms with Crippen LogP contribution in [0.4, 0.5) is 0 Å². The molecule has 0 aliphatic heterocycles. The van der Waals surface area contributed by atoms with E-state index >= 15 is 0 Å². The molecule has 1 fully saturated rings. The van der Waals surface area contributed by atoms with E-state index in [1.54, 1.807) is 0 Å². The second kappa shape index (κ2) is 6.40. The third-order valence-corrected chi connectivity index (χ3v) is 4.64. The highest BCUT2D eigenvalue weighted by atomic mass is 16.1. The zero-order valence-electron chi connectivity index (χ0n) is 12.6. The molecule has 1 aliphatic rings. The van der Waals surface area contributed by atoms with Gasteiger partial charge in [-0.3, -0.25) is 4.79 Å². The maximum atomic E-state index is 12.3. The molecule has 0 aromatic heterocycles. The minimum Gasteiger partial charge on any atom is -0.349 e. The lowest BCUT2D eigenvalue weighted by Crippen LogP contribution is -2.55. The Bertz CT molecular complexity index is 462. The van der Waals surface area contributed by atoms with Crippen molar-refractivity contribution in [1.29, 1.82) is 0 Å². The first-order chi connectivity index (χ1) is 9.54. The Balaban J connectivity index is 1.98. The summed E-state index contributed by atoms with van der Waals surface area (Å²) in [5.74, 6) is 0.849. The highest BCUT2D eigenvalue weighted by Crippen LogP contribution is 2.31. The molecule has 1 aromatic carbocycles. The fourth-order valence-corrected chi connectivity index (χ4v) is 3.02. The summed E-state index contributed by atoms with van der Waals surface area (Å²) in [5.41, 5.74) is 8.03. The first-order valence-electron chi connectivity index (χ1n) is 7.60. The van der Waals surface area contributed by atoms with Crippen molar-refractivity contribution in [1.82, 2.24) is 5.32 Å². The molecule has 1 saturated carbocycles. The Morgan fingerprint density at radius 2 is 2.00 bits per heavy atom. The predicted molar refractivity (Wildman–Crippen MR) is 82.4 cm³/mol. The first-order valence-corrected chi connectivity index (χ1v) is 7.60. The average Bonchev–Trinajstić information content (AvgIpc) is 2.44. The van der Waals surface area contributed by atoms with Gasteiger partial charge in [0.15, 0.2) is 0 Å². The van der Waals surface area contributed by atoms with Crippen LogP contribution in [-0.2, 0) is 11.2 Å². The van der Waals surface area contributed by atoms with Crippen molar-refractivity contribution >= 4 is 5.91 Å². The minimum atomic E-state index is -0.174. The number of aryl methyl sites for hydroxylation is 1. The normalized spacial score (nSPS) is 26.2. The van der Waals surface area contributed by atoms with Crippen molar-refractivity contribution in [2.75, 3.05) is 6.54 Å². The third-order valence-electron chi connectivity index (χ3n) is 4.64. The number of carbonyl (C=O) groups is 1. The summed E-state index contributed by atoms with van der Waals surface area (Å²) < 4.78 is 0. The highest BCUT2D eigenvalue weighted by Gasteiger charge is 2.34. The van der Waals surface area contributed by atoms with Crippen LogP contribution < -0.4 is 11.1 Å². The molecule has 0 saturated heterocycles. The van der Waals surface area contributed by atoms with Crippen LogP contribution in [0.25, 0.3) is 0 Å². The summed E-state index contributed by atoms with van der Waals surface area (Å²) in [5, 5.41) is 3.21. The molecule has 0 spiro atoms. The first kappa shape index (κ1) is 15.0. The maximum Gasteiger partial charge on any atom is 0.224 e. The molecule has 3 N–H and O–H groups in total. The van der Waals surface area contributed by atoms with Gasteiger partial charge >= 0.3 is 0 Å². The summed E-state index contributed by atoms with van der Waals surface area (Å²) >= 11 is 0. The lowest BCUT2D eigenvalue weighted by molar-refractivity contribution is -0.122. The van der Waals surface area contributed by atoms with Gasteiger partial charge in [0, 0.05) is 6.54 Å². The molecule has 0 atom stereocenters. The second-order valence-corrected chi connectivity index (χ2v) is 6.32. The smallest absolute Gasteiger partial charge is 0.224 e. The van der Waals surface area contributed by atoms with Gasteiger partial charge < -0.3 is 11.1 Å². The van der Waals surface area contributed by atoms with Crippen LogP contribution in [0, 0.1) is 12.8 Å². The van der Waals surface area contributed by atoms with Gasteiger partial charge in [0.05, 0.1) is 12.0 Å². The molecule has 3 nitrogen and oxygen atoms in total. The van der Waals surface area contributed by atoms with Crippen molar-refractivity contribution in [2.24, 2.45) is 11.7 Å². The molecular weight excluding hydrogens is 248 g/mol. The number of hydrogen-bond donors (Lipinski definition) is 2. The average molecular weight is 274 g/mol. The lowest BCUT2D eigenvalue weighted by atomic mass is 9.77. The maximum absolute atomic E-state index is 12.3. The number of nitrogens with two attached hydrogens (primary N) is 1. The van der Waals surface area contributed by atoms with Gasteiger partial charge in [0.2, 0.25) is 5.91 Å². The van der Waals surface area contributed by atoms with Crippen LogP contribution in [0.3, 0.4) is 0 Å². The van der Waals surface area contributed by atoms with E-state index < -0.39 is 0 Å². The predicted octanol–water partition coefficient (Wildman–Crippen LogP) is 2.56. The number of nitrogens with one attached hydrogen (secondary N) is 1. The van der Waals surface area contributed by atoms with E-state index in [1.165, 1.54) is 5.56 Å². The molecule has 0 unspecified atom stereocenters. The van der Waals surface area contributed by atoms with E-state index in [4.69, 9.17) is 5.73 Å². The van der Waals surface area contributed by atoms with Crippen LogP contribution in [0.15, 0.2) is 24.3 Å². The van der Waals surface area contributed by atoms with Crippen molar-refractivity contribution < 1.29 is 4.79 Å². The van der Waals surface area contributed by atoms with E-state index in [0.29, 0.717) is 13.0 Å². The molecule has 1 aliphatic carbocycles. The molecule has 0 bridgehead atoms. The number of rotatable bonds is 4. The summed E-state index contributed by atoms with van der Waals surface area (Å²) in [7, 11) is 0. The van der Waals surface area contributed by atoms with E-state index in [-0.39, 0.29) is 11.4 Å². The SMILES string of the molecule is Cc1ccccc1CC(=O)NC1(CN)CCC(C)CC1. The van der Waals surface area contributed by atoms with E-state index in [1.807, 2.05) is 31.2 Å². The molecule has 2 rings (SSSR count). The van der Waals surface area contributed by atoms with E-state index in [9.17, 15) is 4.79 Å². The zero-order valence-corrected chi connectivity index (χ0v) is 12.6. The van der Waals surface area contributed by atoms with Crippen molar-refractivity contribution in [3.05, 3.63) is 35.4 Å². The molecule has 1 aromatic rings. The fourth-order valence-electron chi connectivity index (χ4n) is 3.02. The largest absolute Gasteiger partial charge is 0.349 e. The molecule has 1 amide bonds. The Morgan fingerprint density at radius 3 is 2.60 bits per heavy atom. The minimum absolute atomic E-state index is 0.0966. The van der Waals surface area contributed by atoms with Crippen LogP contribution in [0.1, 0.15) is 43.7 Å². The Hall–Kier alpha value is -1.35. The number of amides is 1. The summed E-state index contributed by atoms with van der Waals surface area (Å²) in [6.07, 6.45) is 4.77. The van der Waals surface area contributed by atoms with Gasteiger partial charge in [0.1, 0.15) is 0 Å². The molecular formula is C17H26N2O. The summed E-state index contributed by atoms with van der Waals surface area (Å²) in [6, 6.07) is 8.05. The third kappa shape index (κ3) is 3.60. The van der Waals surface area contributed by atoms with Crippen LogP contribution >= 0.6 is 0 Å². The number of benzene rings is 1. The van der Waals surface area contributed by atoms with Crippen LogP contribution in [-0.4, -0.2) is 18.0 Å². The molecule has 0 radical (unpaired) electrons. The summed E-state index contributed by atoms with van der Waals surface area (Å²) in [6.45, 7) is 4.86. The van der Waals surface area contributed by atoms with Crippen molar-refractivity contribution in [3.8, 4) is 0 Å². The Morgan fingerprint density at radius 1 is 1.35 bits per heavy atom. The van der Waals surface area contributed by atoms with E-state index in [0.717, 1.165) is 37.2 Å². The second-order valence-electron chi connectivity index (χ2n) is 6.32. The van der Waals surface area contributed by atoms with Crippen LogP contribution in [0.2, 0.25) is 0 Å². The van der Waals surface area contributed by atoms with Crippen molar-refractivity contribution in [3.63, 3.8) is 0 Å². The van der Waals surface area contributed by atoms with Gasteiger partial charge in [-0.2, -0.15) is 0 Å². The van der Waals surface area contributed by atoms with Crippen molar-refractivity contribution in [2.45, 2.75) is 51.5 Å². The van der Waals surface area contributed by atoms with Gasteiger partial charge in [0.25, 0.3) is 0 Å². The van der Waals surface area contributed by atoms with E-state index in [2.05, 4.69) is 12.2 Å². The molecule has 20 heavy (non-hydrogen) atoms. The topological polar surface area (TPSA) is 55.1 Å². The number of carbonyl (C=O) groups excluding carboxylic acids is 1. The monoisotopic (exact) mass is 274 g/mol. The van der Waals surface area contributed by atoms with Gasteiger partial charge in [-0.1, -0.05) is 31.2 Å². The lowest BCUT2D eigenvalue weighted by Gasteiger charge is -2.39. The van der Waals surface area contributed by atoms with Crippen LogP contribution in [0.5, 0.6) is 0 Å². The molecule has 3 heteroatoms. The Kier molecular flexibility index (Phi) is 4.81. The standard InChI is InChI=1S/C17H26N2O/c1-13-7-9-17(12-18,10-8-13)19-16(20)11-15-6-4-3-5-14(15)2/h3-6,13H,7-12,18H2,1-2H3,(H,19,20). The quantitative estimate of drug-likeness (QED) is 0.886. The number of hydrogen-bond acceptors (Lipinski definition) is 2. The van der Waals surface area contributed by atoms with Gasteiger partial charge in [-0.25, -0.2) is 0 Å². The Labute approximate surface area is 121 Å².